The van der Waals surface area contributed by atoms with Crippen molar-refractivity contribution in [2.45, 2.75) is 153 Å². The van der Waals surface area contributed by atoms with Crippen LogP contribution in [-0.4, -0.2) is 127 Å². The van der Waals surface area contributed by atoms with Gasteiger partial charge in [-0.2, -0.15) is 0 Å². The first-order valence-corrected chi connectivity index (χ1v) is 21.8. The molecule has 3 aromatic rings. The normalized spacial score (nSPS) is 25.9. The van der Waals surface area contributed by atoms with Gasteiger partial charge in [0.2, 0.25) is 29.5 Å². The van der Waals surface area contributed by atoms with Gasteiger partial charge in [-0.3, -0.25) is 38.7 Å². The molecular weight excluding hydrogens is 821 g/mol. The summed E-state index contributed by atoms with van der Waals surface area (Å²) in [6.45, 7) is 14.7. The standard InChI is InChI=1S/C48H62N6O10/c1-28-37(52(46(4,5)62-28)42(57)34(49)25-31-19-13-10-14-20-31)40(55)50-35(26-32-21-15-11-16-22-32)43(58)53-38(29(2)63-47(53,6)7)41(56)51-36(27-33-23-17-12-18-24-33)44(59)54-39(45(60)61)30(3)64-48(54,8)9/h10-24,28-30,34-39H,25-27,49H2,1-9H3,(H,50,55)(H,51,56)(H,60,61)/t28-,29-,30-,34-,35-,36-,37-,38-,39-/m0/s1. The SMILES string of the molecule is C[C@@H]1OC(C)(C)N(C(=O)[C@H](Cc2ccccc2)NC(=O)[C@@H]2[C@H](C)OC(C)(C)N2C(=O)[C@H](Cc2ccccc2)NC(=O)[C@@H]2[C@H](C)OC(C)(C)N2C(=O)[C@@H](N)Cc2ccccc2)[C@@H]1C(=O)O. The zero-order valence-electron chi connectivity index (χ0n) is 38.0. The second-order valence-corrected chi connectivity index (χ2v) is 18.4. The molecule has 3 saturated heterocycles. The molecule has 64 heavy (non-hydrogen) atoms. The number of nitrogens with zero attached hydrogens (tertiary/aromatic N) is 3. The van der Waals surface area contributed by atoms with Crippen LogP contribution in [0.3, 0.4) is 0 Å². The van der Waals surface area contributed by atoms with Crippen molar-refractivity contribution in [2.75, 3.05) is 0 Å². The fourth-order valence-corrected chi connectivity index (χ4v) is 9.63. The van der Waals surface area contributed by atoms with Gasteiger partial charge in [0.15, 0.2) is 6.04 Å². The first kappa shape index (κ1) is 47.8. The van der Waals surface area contributed by atoms with Crippen LogP contribution in [-0.2, 0) is 62.2 Å². The van der Waals surface area contributed by atoms with Crippen LogP contribution in [0.4, 0.5) is 0 Å². The van der Waals surface area contributed by atoms with Gasteiger partial charge < -0.3 is 35.7 Å². The van der Waals surface area contributed by atoms with E-state index in [1.165, 1.54) is 9.80 Å². The first-order chi connectivity index (χ1) is 30.0. The molecule has 3 heterocycles. The van der Waals surface area contributed by atoms with E-state index in [9.17, 15) is 29.1 Å². The molecule has 0 aliphatic carbocycles. The number of ether oxygens (including phenoxy) is 3. The van der Waals surface area contributed by atoms with Gasteiger partial charge in [-0.1, -0.05) is 91.0 Å². The van der Waals surface area contributed by atoms with E-state index in [1.54, 1.807) is 98.7 Å². The van der Waals surface area contributed by atoms with Crippen molar-refractivity contribution in [3.05, 3.63) is 108 Å². The van der Waals surface area contributed by atoms with Gasteiger partial charge in [0, 0.05) is 12.8 Å². The molecule has 5 N–H and O–H groups in total. The van der Waals surface area contributed by atoms with Gasteiger partial charge >= 0.3 is 5.97 Å². The number of aliphatic carboxylic acids is 1. The van der Waals surface area contributed by atoms with Gasteiger partial charge in [0.05, 0.1) is 24.4 Å². The van der Waals surface area contributed by atoms with Crippen molar-refractivity contribution in [1.29, 1.82) is 0 Å². The Morgan fingerprint density at radius 1 is 0.531 bits per heavy atom. The summed E-state index contributed by atoms with van der Waals surface area (Å²) in [7, 11) is 0. The Morgan fingerprint density at radius 3 is 1.17 bits per heavy atom. The van der Waals surface area contributed by atoms with E-state index in [-0.39, 0.29) is 19.3 Å². The highest BCUT2D eigenvalue weighted by Crippen LogP contribution is 2.37. The van der Waals surface area contributed by atoms with Crippen molar-refractivity contribution in [3.8, 4) is 0 Å². The molecule has 16 heteroatoms. The molecule has 0 radical (unpaired) electrons. The topological polar surface area (TPSA) is 210 Å². The first-order valence-electron chi connectivity index (χ1n) is 21.8. The molecule has 3 aliphatic rings. The minimum atomic E-state index is -1.40. The molecule has 0 aromatic heterocycles. The maximum absolute atomic E-state index is 15.2. The molecule has 3 aliphatic heterocycles. The smallest absolute Gasteiger partial charge is 0.329 e. The predicted molar refractivity (Wildman–Crippen MR) is 236 cm³/mol. The highest BCUT2D eigenvalue weighted by atomic mass is 16.6. The average Bonchev–Trinajstić information content (AvgIpc) is 3.74. The fourth-order valence-electron chi connectivity index (χ4n) is 9.63. The van der Waals surface area contributed by atoms with E-state index in [0.717, 1.165) is 10.5 Å². The van der Waals surface area contributed by atoms with Crippen LogP contribution >= 0.6 is 0 Å². The summed E-state index contributed by atoms with van der Waals surface area (Å²) in [6, 6.07) is 19.9. The number of amides is 5. The summed E-state index contributed by atoms with van der Waals surface area (Å²) in [4.78, 5) is 89.8. The zero-order chi connectivity index (χ0) is 46.9. The molecule has 344 valence electrons. The molecule has 9 atom stereocenters. The molecule has 3 aromatic carbocycles. The highest BCUT2D eigenvalue weighted by Gasteiger charge is 2.57. The monoisotopic (exact) mass is 882 g/mol. The molecule has 5 amide bonds. The van der Waals surface area contributed by atoms with E-state index in [1.807, 2.05) is 54.6 Å². The van der Waals surface area contributed by atoms with Gasteiger partial charge in [-0.05, 0) is 85.4 Å². The molecule has 0 spiro atoms. The maximum atomic E-state index is 15.2. The minimum Gasteiger partial charge on any atom is -0.480 e. The lowest BCUT2D eigenvalue weighted by atomic mass is 9.99. The third kappa shape index (κ3) is 9.99. The Bertz CT molecular complexity index is 2190. The van der Waals surface area contributed by atoms with Crippen molar-refractivity contribution < 1.29 is 48.1 Å². The third-order valence-corrected chi connectivity index (χ3v) is 12.2. The fraction of sp³-hybridized carbons (Fsp3) is 0.500. The van der Waals surface area contributed by atoms with Gasteiger partial charge in [0.25, 0.3) is 0 Å². The Morgan fingerprint density at radius 2 is 0.828 bits per heavy atom. The molecule has 3 fully saturated rings. The second-order valence-electron chi connectivity index (χ2n) is 18.4. The number of hydrogen-bond donors (Lipinski definition) is 4. The summed E-state index contributed by atoms with van der Waals surface area (Å²) in [5, 5.41) is 16.0. The highest BCUT2D eigenvalue weighted by molar-refractivity contribution is 5.98. The van der Waals surface area contributed by atoms with Crippen molar-refractivity contribution in [3.63, 3.8) is 0 Å². The Kier molecular flexibility index (Phi) is 14.0. The lowest BCUT2D eigenvalue weighted by Gasteiger charge is -2.38. The Labute approximate surface area is 374 Å². The summed E-state index contributed by atoms with van der Waals surface area (Å²) in [6.07, 6.45) is -2.33. The van der Waals surface area contributed by atoms with Crippen LogP contribution in [0, 0.1) is 0 Å². The molecule has 16 nitrogen and oxygen atoms in total. The van der Waals surface area contributed by atoms with E-state index in [2.05, 4.69) is 10.6 Å². The van der Waals surface area contributed by atoms with Crippen molar-refractivity contribution in [2.24, 2.45) is 5.73 Å². The maximum Gasteiger partial charge on any atom is 0.329 e. The molecule has 6 rings (SSSR count). The number of carbonyl (C=O) groups is 6. The minimum absolute atomic E-state index is 0.00144. The van der Waals surface area contributed by atoms with E-state index < -0.39 is 107 Å². The van der Waals surface area contributed by atoms with Crippen LogP contribution in [0.5, 0.6) is 0 Å². The quantitative estimate of drug-likeness (QED) is 0.185. The lowest BCUT2D eigenvalue weighted by molar-refractivity contribution is -0.158. The second kappa shape index (κ2) is 18.8. The number of rotatable bonds is 14. The number of hydrogen-bond acceptors (Lipinski definition) is 10. The Hall–Kier alpha value is -5.68. The lowest BCUT2D eigenvalue weighted by Crippen LogP contribution is -2.64. The van der Waals surface area contributed by atoms with Gasteiger partial charge in [0.1, 0.15) is 41.3 Å². The summed E-state index contributed by atoms with van der Waals surface area (Å²) < 4.78 is 18.4. The molecular formula is C48H62N6O10. The number of carboxylic acid groups (broad SMARTS) is 1. The van der Waals surface area contributed by atoms with E-state index in [0.29, 0.717) is 11.1 Å². The largest absolute Gasteiger partial charge is 0.480 e. The number of carbonyl (C=O) groups excluding carboxylic acids is 5. The van der Waals surface area contributed by atoms with Crippen LogP contribution in [0.2, 0.25) is 0 Å². The number of nitrogens with one attached hydrogen (secondary N) is 2. The van der Waals surface area contributed by atoms with E-state index >= 15 is 4.79 Å². The van der Waals surface area contributed by atoms with Crippen LogP contribution < -0.4 is 16.4 Å². The van der Waals surface area contributed by atoms with Crippen molar-refractivity contribution >= 4 is 35.5 Å². The van der Waals surface area contributed by atoms with Gasteiger partial charge in [-0.25, -0.2) is 4.79 Å². The molecule has 0 saturated carbocycles. The number of benzene rings is 3. The van der Waals surface area contributed by atoms with Gasteiger partial charge in [-0.15, -0.1) is 0 Å². The molecule has 0 bridgehead atoms. The van der Waals surface area contributed by atoms with Crippen LogP contribution in [0.25, 0.3) is 0 Å². The van der Waals surface area contributed by atoms with E-state index in [4.69, 9.17) is 19.9 Å². The van der Waals surface area contributed by atoms with Crippen molar-refractivity contribution in [1.82, 2.24) is 25.3 Å². The molecule has 0 unspecified atom stereocenters. The Balaban J connectivity index is 1.32. The van der Waals surface area contributed by atoms with Crippen LogP contribution in [0.1, 0.15) is 79.0 Å². The number of nitrogens with two attached hydrogens (primary N) is 1. The zero-order valence-corrected chi connectivity index (χ0v) is 38.0. The average molecular weight is 883 g/mol. The number of carboxylic acids is 1. The third-order valence-electron chi connectivity index (χ3n) is 12.2. The predicted octanol–water partition coefficient (Wildman–Crippen LogP) is 3.15. The van der Waals surface area contributed by atoms with Crippen LogP contribution in [0.15, 0.2) is 91.0 Å². The summed E-state index contributed by atoms with van der Waals surface area (Å²) in [5.74, 6) is -4.50. The summed E-state index contributed by atoms with van der Waals surface area (Å²) in [5.41, 5.74) is 4.77. The summed E-state index contributed by atoms with van der Waals surface area (Å²) >= 11 is 0.